The Morgan fingerprint density at radius 1 is 1.31 bits per heavy atom. The van der Waals surface area contributed by atoms with Gasteiger partial charge in [0.1, 0.15) is 0 Å². The van der Waals surface area contributed by atoms with Crippen molar-refractivity contribution >= 4 is 5.69 Å². The van der Waals surface area contributed by atoms with E-state index in [4.69, 9.17) is 0 Å². The molecule has 2 heterocycles. The van der Waals surface area contributed by atoms with Gasteiger partial charge in [0.25, 0.3) is 0 Å². The minimum atomic E-state index is 0.314. The van der Waals surface area contributed by atoms with Crippen molar-refractivity contribution in [2.75, 3.05) is 25.0 Å². The van der Waals surface area contributed by atoms with E-state index in [2.05, 4.69) is 41.3 Å². The molecular formula is C13H21N3. The van der Waals surface area contributed by atoms with E-state index < -0.39 is 0 Å². The molecule has 1 aromatic rings. The number of rotatable bonds is 2. The van der Waals surface area contributed by atoms with Crippen LogP contribution in [0.5, 0.6) is 0 Å². The van der Waals surface area contributed by atoms with Crippen molar-refractivity contribution in [2.45, 2.75) is 32.2 Å². The van der Waals surface area contributed by atoms with Gasteiger partial charge < -0.3 is 10.2 Å². The molecular weight excluding hydrogens is 198 g/mol. The molecule has 1 aliphatic heterocycles. The predicted octanol–water partition coefficient (Wildman–Crippen LogP) is 1.97. The maximum Gasteiger partial charge on any atom is 0.0552 e. The van der Waals surface area contributed by atoms with Crippen LogP contribution in [0.4, 0.5) is 5.69 Å². The van der Waals surface area contributed by atoms with Crippen LogP contribution in [0, 0.1) is 6.92 Å². The van der Waals surface area contributed by atoms with E-state index in [0.717, 1.165) is 18.8 Å². The lowest BCUT2D eigenvalue weighted by Crippen LogP contribution is -2.50. The van der Waals surface area contributed by atoms with E-state index in [9.17, 15) is 0 Å². The van der Waals surface area contributed by atoms with Gasteiger partial charge in [-0.1, -0.05) is 0 Å². The first-order valence-electron chi connectivity index (χ1n) is 5.99. The Morgan fingerprint density at radius 3 is 2.50 bits per heavy atom. The van der Waals surface area contributed by atoms with Crippen LogP contribution in [-0.2, 0) is 0 Å². The Balaban J connectivity index is 2.01. The zero-order valence-electron chi connectivity index (χ0n) is 10.5. The van der Waals surface area contributed by atoms with E-state index in [1.807, 2.05) is 13.1 Å². The average Bonchev–Trinajstić information content (AvgIpc) is 2.32. The van der Waals surface area contributed by atoms with Crippen LogP contribution in [0.15, 0.2) is 18.3 Å². The van der Waals surface area contributed by atoms with E-state index in [1.54, 1.807) is 0 Å². The highest BCUT2D eigenvalue weighted by Crippen LogP contribution is 2.25. The molecule has 1 aromatic heterocycles. The average molecular weight is 219 g/mol. The maximum atomic E-state index is 4.35. The number of nitrogens with one attached hydrogen (secondary N) is 1. The Labute approximate surface area is 97.9 Å². The van der Waals surface area contributed by atoms with Gasteiger partial charge in [0.15, 0.2) is 0 Å². The van der Waals surface area contributed by atoms with Gasteiger partial charge in [0.2, 0.25) is 0 Å². The number of aryl methyl sites for hydroxylation is 1. The van der Waals surface area contributed by atoms with E-state index in [0.29, 0.717) is 5.54 Å². The lowest BCUT2D eigenvalue weighted by molar-refractivity contribution is 0.305. The summed E-state index contributed by atoms with van der Waals surface area (Å²) >= 11 is 0. The molecule has 3 nitrogen and oxygen atoms in total. The quantitative estimate of drug-likeness (QED) is 0.824. The van der Waals surface area contributed by atoms with Gasteiger partial charge >= 0.3 is 0 Å². The fraction of sp³-hybridized carbons (Fsp3) is 0.615. The first-order chi connectivity index (χ1) is 7.63. The molecule has 0 aromatic carbocycles. The number of nitrogens with zero attached hydrogens (tertiary/aromatic N) is 2. The SMILES string of the molecule is CNC1(C)CCN(c2ccc(C)nc2)CC1. The Kier molecular flexibility index (Phi) is 3.15. The lowest BCUT2D eigenvalue weighted by Gasteiger charge is -2.40. The largest absolute Gasteiger partial charge is 0.370 e. The molecule has 0 unspecified atom stereocenters. The summed E-state index contributed by atoms with van der Waals surface area (Å²) in [6, 6.07) is 4.26. The normalized spacial score (nSPS) is 19.8. The van der Waals surface area contributed by atoms with Crippen molar-refractivity contribution in [1.82, 2.24) is 10.3 Å². The van der Waals surface area contributed by atoms with Crippen LogP contribution in [0.25, 0.3) is 0 Å². The van der Waals surface area contributed by atoms with Crippen molar-refractivity contribution in [3.8, 4) is 0 Å². The van der Waals surface area contributed by atoms with Crippen molar-refractivity contribution < 1.29 is 0 Å². The molecule has 2 rings (SSSR count). The number of anilines is 1. The van der Waals surface area contributed by atoms with Crippen LogP contribution in [-0.4, -0.2) is 30.7 Å². The third-order valence-corrected chi connectivity index (χ3v) is 3.73. The number of hydrogen-bond acceptors (Lipinski definition) is 3. The predicted molar refractivity (Wildman–Crippen MR) is 67.9 cm³/mol. The van der Waals surface area contributed by atoms with Gasteiger partial charge in [-0.2, -0.15) is 0 Å². The molecule has 0 aliphatic carbocycles. The highest BCUT2D eigenvalue weighted by Gasteiger charge is 2.28. The third kappa shape index (κ3) is 2.35. The molecule has 0 bridgehead atoms. The zero-order chi connectivity index (χ0) is 11.6. The molecule has 0 saturated carbocycles. The molecule has 16 heavy (non-hydrogen) atoms. The van der Waals surface area contributed by atoms with Crippen LogP contribution in [0.2, 0.25) is 0 Å². The summed E-state index contributed by atoms with van der Waals surface area (Å²) in [6.45, 7) is 6.56. The number of hydrogen-bond donors (Lipinski definition) is 1. The van der Waals surface area contributed by atoms with Crippen LogP contribution in [0.1, 0.15) is 25.5 Å². The molecule has 0 atom stereocenters. The lowest BCUT2D eigenvalue weighted by atomic mass is 9.90. The van der Waals surface area contributed by atoms with Gasteiger partial charge in [-0.05, 0) is 45.9 Å². The summed E-state index contributed by atoms with van der Waals surface area (Å²) in [5.74, 6) is 0. The second kappa shape index (κ2) is 4.42. The van der Waals surface area contributed by atoms with E-state index in [-0.39, 0.29) is 0 Å². The molecule has 0 spiro atoms. The molecule has 1 fully saturated rings. The Morgan fingerprint density at radius 2 is 2.00 bits per heavy atom. The molecule has 1 aliphatic rings. The second-order valence-corrected chi connectivity index (χ2v) is 4.96. The van der Waals surface area contributed by atoms with Gasteiger partial charge in [-0.15, -0.1) is 0 Å². The molecule has 3 heteroatoms. The number of piperidine rings is 1. The van der Waals surface area contributed by atoms with Crippen molar-refractivity contribution in [3.63, 3.8) is 0 Å². The second-order valence-electron chi connectivity index (χ2n) is 4.96. The third-order valence-electron chi connectivity index (χ3n) is 3.73. The Bertz CT molecular complexity index is 337. The van der Waals surface area contributed by atoms with Gasteiger partial charge in [-0.3, -0.25) is 4.98 Å². The highest BCUT2D eigenvalue weighted by molar-refractivity contribution is 5.45. The van der Waals surface area contributed by atoms with Gasteiger partial charge in [0.05, 0.1) is 11.9 Å². The summed E-state index contributed by atoms with van der Waals surface area (Å²) in [4.78, 5) is 6.78. The summed E-state index contributed by atoms with van der Waals surface area (Å²) in [5, 5.41) is 3.42. The number of pyridine rings is 1. The minimum Gasteiger partial charge on any atom is -0.370 e. The molecule has 0 radical (unpaired) electrons. The standard InChI is InChI=1S/C13H21N3/c1-11-4-5-12(10-15-11)16-8-6-13(2,14-3)7-9-16/h4-5,10,14H,6-9H2,1-3H3. The minimum absolute atomic E-state index is 0.314. The van der Waals surface area contributed by atoms with Crippen LogP contribution in [0.3, 0.4) is 0 Å². The highest BCUT2D eigenvalue weighted by atomic mass is 15.2. The monoisotopic (exact) mass is 219 g/mol. The number of aromatic nitrogens is 1. The maximum absolute atomic E-state index is 4.35. The van der Waals surface area contributed by atoms with Gasteiger partial charge in [-0.25, -0.2) is 0 Å². The summed E-state index contributed by atoms with van der Waals surface area (Å²) in [6.07, 6.45) is 4.37. The van der Waals surface area contributed by atoms with Crippen molar-refractivity contribution in [1.29, 1.82) is 0 Å². The summed E-state index contributed by atoms with van der Waals surface area (Å²) < 4.78 is 0. The fourth-order valence-corrected chi connectivity index (χ4v) is 2.16. The molecule has 0 amide bonds. The van der Waals surface area contributed by atoms with Crippen LogP contribution >= 0.6 is 0 Å². The van der Waals surface area contributed by atoms with Crippen molar-refractivity contribution in [3.05, 3.63) is 24.0 Å². The first-order valence-corrected chi connectivity index (χ1v) is 5.99. The summed E-state index contributed by atoms with van der Waals surface area (Å²) in [7, 11) is 2.06. The topological polar surface area (TPSA) is 28.2 Å². The molecule has 1 saturated heterocycles. The smallest absolute Gasteiger partial charge is 0.0552 e. The fourth-order valence-electron chi connectivity index (χ4n) is 2.16. The Hall–Kier alpha value is -1.09. The molecule has 1 N–H and O–H groups in total. The molecule has 88 valence electrons. The van der Waals surface area contributed by atoms with E-state index in [1.165, 1.54) is 18.5 Å². The van der Waals surface area contributed by atoms with Gasteiger partial charge in [0, 0.05) is 24.3 Å². The zero-order valence-corrected chi connectivity index (χ0v) is 10.5. The van der Waals surface area contributed by atoms with E-state index >= 15 is 0 Å². The first kappa shape index (κ1) is 11.4. The summed E-state index contributed by atoms with van der Waals surface area (Å²) in [5.41, 5.74) is 2.65. The van der Waals surface area contributed by atoms with Crippen molar-refractivity contribution in [2.24, 2.45) is 0 Å². The van der Waals surface area contributed by atoms with Crippen LogP contribution < -0.4 is 10.2 Å².